The molecule has 4 nitrogen and oxygen atoms in total. The Morgan fingerprint density at radius 1 is 1.36 bits per heavy atom. The van der Waals surface area contributed by atoms with Gasteiger partial charge in [-0.05, 0) is 44.5 Å². The summed E-state index contributed by atoms with van der Waals surface area (Å²) < 4.78 is 19.2. The number of nitrogens with one attached hydrogen (secondary N) is 1. The highest BCUT2D eigenvalue weighted by atomic mass is 19.1. The van der Waals surface area contributed by atoms with Crippen molar-refractivity contribution in [3.63, 3.8) is 0 Å². The molecule has 1 aromatic heterocycles. The van der Waals surface area contributed by atoms with E-state index >= 15 is 0 Å². The summed E-state index contributed by atoms with van der Waals surface area (Å²) in [5.41, 5.74) is 2.67. The maximum atomic E-state index is 13.5. The molecule has 1 N–H and O–H groups in total. The van der Waals surface area contributed by atoms with Crippen LogP contribution in [-0.2, 0) is 16.0 Å². The van der Waals surface area contributed by atoms with Gasteiger partial charge in [-0.2, -0.15) is 0 Å². The molecule has 1 aliphatic heterocycles. The van der Waals surface area contributed by atoms with Crippen LogP contribution in [0.25, 0.3) is 10.9 Å². The van der Waals surface area contributed by atoms with Gasteiger partial charge in [-0.1, -0.05) is 0 Å². The number of nitrogens with zero attached hydrogens (tertiary/aromatic N) is 1. The van der Waals surface area contributed by atoms with E-state index in [2.05, 4.69) is 4.98 Å². The third-order valence-corrected chi connectivity index (χ3v) is 4.18. The zero-order chi connectivity index (χ0) is 15.9. The Labute approximate surface area is 129 Å². The van der Waals surface area contributed by atoms with Crippen LogP contribution in [0.2, 0.25) is 0 Å². The number of aryl methyl sites for hydroxylation is 1. The lowest BCUT2D eigenvalue weighted by molar-refractivity contribution is -0.142. The van der Waals surface area contributed by atoms with Crippen LogP contribution in [0, 0.1) is 12.7 Å². The maximum absolute atomic E-state index is 13.5. The highest BCUT2D eigenvalue weighted by molar-refractivity contribution is 5.90. The van der Waals surface area contributed by atoms with E-state index in [-0.39, 0.29) is 30.4 Å². The summed E-state index contributed by atoms with van der Waals surface area (Å²) in [5, 5.41) is 0.792. The van der Waals surface area contributed by atoms with E-state index in [0.29, 0.717) is 13.1 Å². The monoisotopic (exact) mass is 304 g/mol. The normalized spacial score (nSPS) is 22.3. The molecule has 22 heavy (non-hydrogen) atoms. The van der Waals surface area contributed by atoms with Crippen molar-refractivity contribution in [2.45, 2.75) is 39.4 Å². The van der Waals surface area contributed by atoms with Crippen LogP contribution in [0.5, 0.6) is 0 Å². The summed E-state index contributed by atoms with van der Waals surface area (Å²) in [6, 6.07) is 4.63. The van der Waals surface area contributed by atoms with Gasteiger partial charge in [-0.15, -0.1) is 0 Å². The Morgan fingerprint density at radius 2 is 2.05 bits per heavy atom. The number of carbonyl (C=O) groups is 1. The summed E-state index contributed by atoms with van der Waals surface area (Å²) in [6.07, 6.45) is 0.387. The van der Waals surface area contributed by atoms with Crippen molar-refractivity contribution in [2.75, 3.05) is 13.1 Å². The third kappa shape index (κ3) is 2.86. The number of hydrogen-bond donors (Lipinski definition) is 1. The number of fused-ring (bicyclic) bond motifs is 1. The molecule has 2 heterocycles. The van der Waals surface area contributed by atoms with E-state index in [1.165, 1.54) is 12.1 Å². The molecule has 0 aliphatic carbocycles. The molecular formula is C17H21FN2O2. The summed E-state index contributed by atoms with van der Waals surface area (Å²) >= 11 is 0. The Kier molecular flexibility index (Phi) is 3.91. The zero-order valence-corrected chi connectivity index (χ0v) is 13.1. The number of amides is 1. The molecule has 0 bridgehead atoms. The van der Waals surface area contributed by atoms with Gasteiger partial charge in [0.2, 0.25) is 5.91 Å². The average molecular weight is 304 g/mol. The molecule has 0 radical (unpaired) electrons. The van der Waals surface area contributed by atoms with E-state index in [1.807, 2.05) is 25.7 Å². The molecular weight excluding hydrogens is 283 g/mol. The first-order chi connectivity index (χ1) is 10.4. The second kappa shape index (κ2) is 5.72. The SMILES string of the molecule is Cc1[nH]c2ccc(F)cc2c1CC(=O)N1CC(C)OC(C)C1. The number of hydrogen-bond acceptors (Lipinski definition) is 2. The predicted octanol–water partition coefficient (Wildman–Crippen LogP) is 2.79. The first-order valence-electron chi connectivity index (χ1n) is 7.64. The molecule has 2 atom stereocenters. The Balaban J connectivity index is 1.85. The first-order valence-corrected chi connectivity index (χ1v) is 7.64. The lowest BCUT2D eigenvalue weighted by Gasteiger charge is -2.35. The van der Waals surface area contributed by atoms with Gasteiger partial charge >= 0.3 is 0 Å². The van der Waals surface area contributed by atoms with Crippen LogP contribution in [0.3, 0.4) is 0 Å². The summed E-state index contributed by atoms with van der Waals surface area (Å²) in [6.45, 7) is 7.09. The fourth-order valence-electron chi connectivity index (χ4n) is 3.23. The molecule has 0 spiro atoms. The number of rotatable bonds is 2. The lowest BCUT2D eigenvalue weighted by Crippen LogP contribution is -2.48. The van der Waals surface area contributed by atoms with Crippen molar-refractivity contribution in [3.05, 3.63) is 35.3 Å². The van der Waals surface area contributed by atoms with Crippen LogP contribution < -0.4 is 0 Å². The molecule has 0 saturated carbocycles. The van der Waals surface area contributed by atoms with Gasteiger partial charge in [0.05, 0.1) is 18.6 Å². The van der Waals surface area contributed by atoms with Gasteiger partial charge in [-0.25, -0.2) is 4.39 Å². The molecule has 2 aromatic rings. The van der Waals surface area contributed by atoms with Crippen LogP contribution in [0.1, 0.15) is 25.1 Å². The van der Waals surface area contributed by atoms with E-state index < -0.39 is 0 Å². The highest BCUT2D eigenvalue weighted by Gasteiger charge is 2.26. The van der Waals surface area contributed by atoms with Crippen molar-refractivity contribution < 1.29 is 13.9 Å². The topological polar surface area (TPSA) is 45.3 Å². The maximum Gasteiger partial charge on any atom is 0.227 e. The van der Waals surface area contributed by atoms with Crippen LogP contribution in [0.4, 0.5) is 4.39 Å². The molecule has 1 fully saturated rings. The summed E-state index contributed by atoms with van der Waals surface area (Å²) in [5.74, 6) is -0.218. The quantitative estimate of drug-likeness (QED) is 0.927. The number of aromatic amines is 1. The second-order valence-electron chi connectivity index (χ2n) is 6.15. The first kappa shape index (κ1) is 15.0. The number of aromatic nitrogens is 1. The number of carbonyl (C=O) groups excluding carboxylic acids is 1. The van der Waals surface area contributed by atoms with Crippen molar-refractivity contribution in [3.8, 4) is 0 Å². The van der Waals surface area contributed by atoms with Crippen molar-refractivity contribution in [1.82, 2.24) is 9.88 Å². The minimum atomic E-state index is -0.284. The fraction of sp³-hybridized carbons (Fsp3) is 0.471. The standard InChI is InChI=1S/C17H21FN2O2/c1-10-8-20(9-11(2)22-10)17(21)7-14-12(3)19-16-5-4-13(18)6-15(14)16/h4-6,10-11,19H,7-9H2,1-3H3. The Hall–Kier alpha value is -1.88. The summed E-state index contributed by atoms with van der Waals surface area (Å²) in [4.78, 5) is 17.7. The van der Waals surface area contributed by atoms with Crippen molar-refractivity contribution in [2.24, 2.45) is 0 Å². The molecule has 118 valence electrons. The molecule has 5 heteroatoms. The van der Waals surface area contributed by atoms with Crippen LogP contribution in [0.15, 0.2) is 18.2 Å². The molecule has 3 rings (SSSR count). The second-order valence-corrected chi connectivity index (χ2v) is 6.15. The molecule has 1 amide bonds. The van der Waals surface area contributed by atoms with E-state index in [9.17, 15) is 9.18 Å². The van der Waals surface area contributed by atoms with E-state index in [1.54, 1.807) is 6.07 Å². The number of H-pyrrole nitrogens is 1. The average Bonchev–Trinajstić information content (AvgIpc) is 2.74. The number of morpholine rings is 1. The van der Waals surface area contributed by atoms with E-state index in [4.69, 9.17) is 4.74 Å². The largest absolute Gasteiger partial charge is 0.372 e. The van der Waals surface area contributed by atoms with Gasteiger partial charge in [0.15, 0.2) is 0 Å². The van der Waals surface area contributed by atoms with Crippen LogP contribution in [-0.4, -0.2) is 41.1 Å². The Morgan fingerprint density at radius 3 is 2.73 bits per heavy atom. The molecule has 2 unspecified atom stereocenters. The van der Waals surface area contributed by atoms with Crippen molar-refractivity contribution >= 4 is 16.8 Å². The minimum Gasteiger partial charge on any atom is -0.372 e. The van der Waals surface area contributed by atoms with Gasteiger partial charge < -0.3 is 14.6 Å². The molecule has 1 saturated heterocycles. The summed E-state index contributed by atoms with van der Waals surface area (Å²) in [7, 11) is 0. The Bertz CT molecular complexity index is 700. The highest BCUT2D eigenvalue weighted by Crippen LogP contribution is 2.24. The number of halogens is 1. The van der Waals surface area contributed by atoms with Gasteiger partial charge in [0.25, 0.3) is 0 Å². The molecule has 1 aromatic carbocycles. The fourth-order valence-corrected chi connectivity index (χ4v) is 3.23. The van der Waals surface area contributed by atoms with Gasteiger partial charge in [0.1, 0.15) is 5.82 Å². The predicted molar refractivity (Wildman–Crippen MR) is 83.3 cm³/mol. The number of ether oxygens (including phenoxy) is 1. The van der Waals surface area contributed by atoms with E-state index in [0.717, 1.165) is 22.2 Å². The smallest absolute Gasteiger partial charge is 0.227 e. The minimum absolute atomic E-state index is 0.0502. The third-order valence-electron chi connectivity index (χ3n) is 4.18. The van der Waals surface area contributed by atoms with Crippen molar-refractivity contribution in [1.29, 1.82) is 0 Å². The lowest BCUT2D eigenvalue weighted by atomic mass is 10.1. The molecule has 1 aliphatic rings. The van der Waals surface area contributed by atoms with Gasteiger partial charge in [-0.3, -0.25) is 4.79 Å². The number of benzene rings is 1. The van der Waals surface area contributed by atoms with Crippen LogP contribution >= 0.6 is 0 Å². The zero-order valence-electron chi connectivity index (χ0n) is 13.1. The van der Waals surface area contributed by atoms with Gasteiger partial charge in [0, 0.05) is 29.7 Å².